The van der Waals surface area contributed by atoms with Crippen LogP contribution >= 0.6 is 0 Å². The molecule has 0 atom stereocenters. The predicted molar refractivity (Wildman–Crippen MR) is 121 cm³/mol. The number of sulfonamides is 1. The number of nitrogens with one attached hydrogen (secondary N) is 2. The fourth-order valence-electron chi connectivity index (χ4n) is 2.92. The van der Waals surface area contributed by atoms with Crippen molar-refractivity contribution >= 4 is 21.7 Å². The van der Waals surface area contributed by atoms with E-state index in [1.807, 2.05) is 38.9 Å². The summed E-state index contributed by atoms with van der Waals surface area (Å²) in [6.07, 6.45) is 2.09. The van der Waals surface area contributed by atoms with Crippen LogP contribution in [0.25, 0.3) is 0 Å². The van der Waals surface area contributed by atoms with Crippen molar-refractivity contribution < 1.29 is 8.42 Å². The lowest BCUT2D eigenvalue weighted by atomic mass is 10.1. The van der Waals surface area contributed by atoms with Gasteiger partial charge in [0.1, 0.15) is 11.6 Å². The highest BCUT2D eigenvalue weighted by molar-refractivity contribution is 7.89. The van der Waals surface area contributed by atoms with Crippen molar-refractivity contribution in [2.24, 2.45) is 0 Å². The van der Waals surface area contributed by atoms with Crippen molar-refractivity contribution in [3.8, 4) is 0 Å². The van der Waals surface area contributed by atoms with E-state index in [1.54, 1.807) is 37.5 Å². The Labute approximate surface area is 183 Å². The number of nitrogens with zero attached hydrogens (tertiary/aromatic N) is 5. The smallest absolute Gasteiger partial charge is 0.242 e. The monoisotopic (exact) mass is 443 g/mol. The average Bonchev–Trinajstić information content (AvgIpc) is 3.04. The molecule has 0 saturated heterocycles. The number of rotatable bonds is 9. The van der Waals surface area contributed by atoms with Crippen LogP contribution in [0.3, 0.4) is 0 Å². The third kappa shape index (κ3) is 5.66. The van der Waals surface area contributed by atoms with Crippen LogP contribution in [0.15, 0.2) is 41.4 Å². The van der Waals surface area contributed by atoms with Crippen molar-refractivity contribution in [3.05, 3.63) is 59.2 Å². The summed E-state index contributed by atoms with van der Waals surface area (Å²) in [6.45, 7) is 5.00. The van der Waals surface area contributed by atoms with Crippen molar-refractivity contribution in [2.75, 3.05) is 39.5 Å². The lowest BCUT2D eigenvalue weighted by Crippen LogP contribution is -2.33. The van der Waals surface area contributed by atoms with E-state index in [2.05, 4.69) is 25.5 Å². The summed E-state index contributed by atoms with van der Waals surface area (Å²) in [4.78, 5) is 11.1. The summed E-state index contributed by atoms with van der Waals surface area (Å²) in [5.41, 5.74) is 2.84. The van der Waals surface area contributed by atoms with Gasteiger partial charge in [-0.25, -0.2) is 18.4 Å². The maximum absolute atomic E-state index is 12.9. The van der Waals surface area contributed by atoms with Crippen LogP contribution in [0.1, 0.15) is 22.6 Å². The van der Waals surface area contributed by atoms with Gasteiger partial charge in [0.15, 0.2) is 5.82 Å². The fourth-order valence-corrected chi connectivity index (χ4v) is 4.15. The molecular formula is C21H29N7O2S. The van der Waals surface area contributed by atoms with Crippen molar-refractivity contribution in [1.29, 1.82) is 0 Å². The SMILES string of the molecule is Cc1[nH]nc(Nc2ccnc(Cc3cccc(S(=O)(=O)N(C)CCN(C)C)c3)n2)c1C. The van der Waals surface area contributed by atoms with E-state index in [9.17, 15) is 8.42 Å². The molecular weight excluding hydrogens is 414 g/mol. The van der Waals surface area contributed by atoms with Crippen molar-refractivity contribution in [2.45, 2.75) is 25.2 Å². The van der Waals surface area contributed by atoms with E-state index in [1.165, 1.54) is 4.31 Å². The van der Waals surface area contributed by atoms with Gasteiger partial charge in [-0.2, -0.15) is 9.40 Å². The number of aryl methyl sites for hydroxylation is 1. The van der Waals surface area contributed by atoms with Crippen LogP contribution in [0.4, 0.5) is 11.6 Å². The molecule has 0 aliphatic rings. The third-order valence-corrected chi connectivity index (χ3v) is 6.89. The van der Waals surface area contributed by atoms with Gasteiger partial charge in [-0.1, -0.05) is 12.1 Å². The molecule has 10 heteroatoms. The molecule has 0 unspecified atom stereocenters. The minimum absolute atomic E-state index is 0.267. The zero-order chi connectivity index (χ0) is 22.6. The first-order chi connectivity index (χ1) is 14.7. The highest BCUT2D eigenvalue weighted by Gasteiger charge is 2.21. The topological polar surface area (TPSA) is 107 Å². The van der Waals surface area contributed by atoms with Gasteiger partial charge >= 0.3 is 0 Å². The standard InChI is InChI=1S/C21H29N7O2S/c1-15-16(2)25-26-21(15)24-19-9-10-22-20(23-19)14-17-7-6-8-18(13-17)31(29,30)28(5)12-11-27(3)4/h6-10,13H,11-12,14H2,1-5H3,(H2,22,23,24,25,26). The first kappa shape index (κ1) is 22.9. The Kier molecular flexibility index (Phi) is 7.04. The maximum atomic E-state index is 12.9. The van der Waals surface area contributed by atoms with Crippen molar-refractivity contribution in [3.63, 3.8) is 0 Å². The number of hydrogen-bond acceptors (Lipinski definition) is 7. The Morgan fingerprint density at radius 3 is 2.55 bits per heavy atom. The minimum atomic E-state index is -3.56. The van der Waals surface area contributed by atoms with Crippen LogP contribution in [0.5, 0.6) is 0 Å². The van der Waals surface area contributed by atoms with Gasteiger partial charge < -0.3 is 10.2 Å². The first-order valence-electron chi connectivity index (χ1n) is 9.97. The van der Waals surface area contributed by atoms with Crippen molar-refractivity contribution in [1.82, 2.24) is 29.4 Å². The number of H-pyrrole nitrogens is 1. The summed E-state index contributed by atoms with van der Waals surface area (Å²) >= 11 is 0. The Morgan fingerprint density at radius 1 is 1.10 bits per heavy atom. The molecule has 0 aliphatic heterocycles. The van der Waals surface area contributed by atoms with Gasteiger partial charge in [0, 0.05) is 44.0 Å². The number of aromatic nitrogens is 4. The van der Waals surface area contributed by atoms with Gasteiger partial charge in [-0.3, -0.25) is 5.10 Å². The lowest BCUT2D eigenvalue weighted by Gasteiger charge is -2.19. The Hall–Kier alpha value is -2.82. The molecule has 0 saturated carbocycles. The van der Waals surface area contributed by atoms with Crippen LogP contribution in [0, 0.1) is 13.8 Å². The molecule has 9 nitrogen and oxygen atoms in total. The highest BCUT2D eigenvalue weighted by Crippen LogP contribution is 2.20. The minimum Gasteiger partial charge on any atom is -0.323 e. The lowest BCUT2D eigenvalue weighted by molar-refractivity contribution is 0.358. The molecule has 2 heterocycles. The van der Waals surface area contributed by atoms with Crippen LogP contribution in [-0.4, -0.2) is 72.0 Å². The van der Waals surface area contributed by atoms with E-state index in [4.69, 9.17) is 0 Å². The maximum Gasteiger partial charge on any atom is 0.242 e. The average molecular weight is 444 g/mol. The second-order valence-corrected chi connectivity index (χ2v) is 9.80. The van der Waals surface area contributed by atoms with E-state index >= 15 is 0 Å². The van der Waals surface area contributed by atoms with Gasteiger partial charge in [0.05, 0.1) is 4.90 Å². The Bertz CT molecular complexity index is 1140. The van der Waals surface area contributed by atoms with Crippen LogP contribution < -0.4 is 5.32 Å². The predicted octanol–water partition coefficient (Wildman–Crippen LogP) is 2.33. The zero-order valence-electron chi connectivity index (χ0n) is 18.5. The summed E-state index contributed by atoms with van der Waals surface area (Å²) in [5, 5.41) is 10.4. The molecule has 2 N–H and O–H groups in total. The third-order valence-electron chi connectivity index (χ3n) is 5.04. The van der Waals surface area contributed by atoms with Crippen LogP contribution in [-0.2, 0) is 16.4 Å². The molecule has 0 bridgehead atoms. The molecule has 31 heavy (non-hydrogen) atoms. The summed E-state index contributed by atoms with van der Waals surface area (Å²) < 4.78 is 27.2. The normalized spacial score (nSPS) is 12.0. The van der Waals surface area contributed by atoms with E-state index in [-0.39, 0.29) is 4.90 Å². The largest absolute Gasteiger partial charge is 0.323 e. The van der Waals surface area contributed by atoms with Gasteiger partial charge in [-0.15, -0.1) is 0 Å². The second kappa shape index (κ2) is 9.54. The molecule has 0 amide bonds. The number of likely N-dealkylation sites (N-methyl/N-ethyl adjacent to an activating group) is 2. The molecule has 0 fully saturated rings. The molecule has 0 radical (unpaired) electrons. The Balaban J connectivity index is 1.76. The number of anilines is 2. The highest BCUT2D eigenvalue weighted by atomic mass is 32.2. The van der Waals surface area contributed by atoms with Gasteiger partial charge in [0.25, 0.3) is 0 Å². The fraction of sp³-hybridized carbons (Fsp3) is 0.381. The molecule has 166 valence electrons. The van der Waals surface area contributed by atoms with E-state index in [0.29, 0.717) is 31.2 Å². The molecule has 1 aromatic carbocycles. The summed E-state index contributed by atoms with van der Waals surface area (Å²) in [7, 11) is 1.87. The number of aromatic amines is 1. The summed E-state index contributed by atoms with van der Waals surface area (Å²) in [6, 6.07) is 8.70. The second-order valence-electron chi connectivity index (χ2n) is 7.76. The van der Waals surface area contributed by atoms with E-state index < -0.39 is 10.0 Å². The quantitative estimate of drug-likeness (QED) is 0.523. The van der Waals surface area contributed by atoms with Gasteiger partial charge in [-0.05, 0) is 51.7 Å². The summed E-state index contributed by atoms with van der Waals surface area (Å²) in [5.74, 6) is 1.94. The molecule has 0 aliphatic carbocycles. The molecule has 3 aromatic rings. The molecule has 3 rings (SSSR count). The Morgan fingerprint density at radius 2 is 1.87 bits per heavy atom. The van der Waals surface area contributed by atoms with Crippen LogP contribution in [0.2, 0.25) is 0 Å². The number of benzene rings is 1. The molecule has 2 aromatic heterocycles. The van der Waals surface area contributed by atoms with E-state index in [0.717, 1.165) is 22.6 Å². The zero-order valence-corrected chi connectivity index (χ0v) is 19.4. The number of hydrogen-bond donors (Lipinski definition) is 2. The first-order valence-corrected chi connectivity index (χ1v) is 11.4. The molecule has 0 spiro atoms. The van der Waals surface area contributed by atoms with Gasteiger partial charge in [0.2, 0.25) is 10.0 Å².